The van der Waals surface area contributed by atoms with Crippen LogP contribution in [0, 0.1) is 5.82 Å². The van der Waals surface area contributed by atoms with E-state index in [0.717, 1.165) is 19.1 Å². The molecule has 2 heterocycles. The first kappa shape index (κ1) is 21.1. The molecule has 2 aromatic heterocycles. The first-order chi connectivity index (χ1) is 14.4. The Morgan fingerprint density at radius 1 is 1.10 bits per heavy atom. The van der Waals surface area contributed by atoms with Crippen molar-refractivity contribution in [3.63, 3.8) is 0 Å². The molecular weight excluding hydrogens is 415 g/mol. The summed E-state index contributed by atoms with van der Waals surface area (Å²) >= 11 is 1.36. The Kier molecular flexibility index (Phi) is 6.52. The Bertz CT molecular complexity index is 1050. The molecule has 1 amide bonds. The zero-order valence-electron chi connectivity index (χ0n) is 16.1. The van der Waals surface area contributed by atoms with E-state index in [1.165, 1.54) is 34.2 Å². The Hall–Kier alpha value is -3.60. The molecule has 0 unspecified atom stereocenters. The summed E-state index contributed by atoms with van der Waals surface area (Å²) in [5.74, 6) is -2.67. The Balaban J connectivity index is 2.03. The fourth-order valence-electron chi connectivity index (χ4n) is 2.54. The Morgan fingerprint density at radius 2 is 1.80 bits per heavy atom. The Morgan fingerprint density at radius 3 is 2.37 bits per heavy atom. The number of nitrogens with zero attached hydrogens (tertiary/aromatic N) is 4. The zero-order valence-corrected chi connectivity index (χ0v) is 16.9. The van der Waals surface area contributed by atoms with E-state index in [1.54, 1.807) is 18.2 Å². The second kappa shape index (κ2) is 9.27. The van der Waals surface area contributed by atoms with Gasteiger partial charge in [-0.2, -0.15) is 0 Å². The van der Waals surface area contributed by atoms with Crippen LogP contribution in [0.15, 0.2) is 41.8 Å². The minimum Gasteiger partial charge on any atom is -0.468 e. The average molecular weight is 432 g/mol. The summed E-state index contributed by atoms with van der Waals surface area (Å²) < 4.78 is 24.2. The van der Waals surface area contributed by atoms with E-state index in [9.17, 15) is 18.8 Å². The van der Waals surface area contributed by atoms with Crippen LogP contribution in [0.3, 0.4) is 0 Å². The molecule has 156 valence electrons. The predicted molar refractivity (Wildman–Crippen MR) is 105 cm³/mol. The van der Waals surface area contributed by atoms with E-state index in [0.29, 0.717) is 16.4 Å². The monoisotopic (exact) mass is 432 g/mol. The maximum Gasteiger partial charge on any atom is 0.325 e. The predicted octanol–water partition coefficient (Wildman–Crippen LogP) is 1.92. The summed E-state index contributed by atoms with van der Waals surface area (Å²) in [6, 6.07) is 9.23. The van der Waals surface area contributed by atoms with E-state index >= 15 is 0 Å². The van der Waals surface area contributed by atoms with Gasteiger partial charge in [0.1, 0.15) is 18.9 Å². The van der Waals surface area contributed by atoms with Crippen LogP contribution in [-0.2, 0) is 19.1 Å². The van der Waals surface area contributed by atoms with Gasteiger partial charge in [-0.3, -0.25) is 14.4 Å². The molecule has 3 rings (SSSR count). The molecule has 1 aromatic carbocycles. The van der Waals surface area contributed by atoms with Gasteiger partial charge in [0.15, 0.2) is 5.82 Å². The van der Waals surface area contributed by atoms with Crippen LogP contribution in [0.5, 0.6) is 0 Å². The molecule has 0 saturated heterocycles. The van der Waals surface area contributed by atoms with Gasteiger partial charge in [-0.25, -0.2) is 14.1 Å². The number of halogens is 1. The van der Waals surface area contributed by atoms with Crippen molar-refractivity contribution in [1.29, 1.82) is 0 Å². The highest BCUT2D eigenvalue weighted by molar-refractivity contribution is 7.13. The van der Waals surface area contributed by atoms with E-state index in [4.69, 9.17) is 0 Å². The maximum absolute atomic E-state index is 13.7. The van der Waals surface area contributed by atoms with E-state index in [2.05, 4.69) is 19.6 Å². The third-order valence-electron chi connectivity index (χ3n) is 3.98. The molecule has 30 heavy (non-hydrogen) atoms. The SMILES string of the molecule is COC(=O)CN(CC(=O)OC)C(=O)c1nc(-c2cccs2)n(-c2cccc(F)c2)n1. The lowest BCUT2D eigenvalue weighted by molar-refractivity contribution is -0.144. The molecule has 0 aliphatic rings. The molecule has 0 atom stereocenters. The first-order valence-electron chi connectivity index (χ1n) is 8.62. The molecule has 0 spiro atoms. The van der Waals surface area contributed by atoms with Gasteiger partial charge in [0.05, 0.1) is 24.8 Å². The summed E-state index contributed by atoms with van der Waals surface area (Å²) in [6.45, 7) is -0.986. The molecule has 0 aliphatic heterocycles. The summed E-state index contributed by atoms with van der Waals surface area (Å²) in [4.78, 5) is 42.3. The molecule has 0 fully saturated rings. The lowest BCUT2D eigenvalue weighted by Crippen LogP contribution is -2.40. The molecule has 3 aromatic rings. The number of rotatable bonds is 7. The molecule has 9 nitrogen and oxygen atoms in total. The van der Waals surface area contributed by atoms with E-state index in [1.807, 2.05) is 5.38 Å². The van der Waals surface area contributed by atoms with Gasteiger partial charge in [-0.15, -0.1) is 16.4 Å². The van der Waals surface area contributed by atoms with Crippen LogP contribution in [0.2, 0.25) is 0 Å². The first-order valence-corrected chi connectivity index (χ1v) is 9.50. The summed E-state index contributed by atoms with van der Waals surface area (Å²) in [5, 5.41) is 6.04. The highest BCUT2D eigenvalue weighted by atomic mass is 32.1. The molecule has 0 bridgehead atoms. The fourth-order valence-corrected chi connectivity index (χ4v) is 3.24. The smallest absolute Gasteiger partial charge is 0.325 e. The number of thiophene rings is 1. The number of carbonyl (C=O) groups excluding carboxylic acids is 3. The second-order valence-electron chi connectivity index (χ2n) is 5.94. The van der Waals surface area contributed by atoms with Crippen molar-refractivity contribution in [2.75, 3.05) is 27.3 Å². The summed E-state index contributed by atoms with van der Waals surface area (Å²) in [7, 11) is 2.32. The van der Waals surface area contributed by atoms with Gasteiger partial charge in [0, 0.05) is 0 Å². The minimum absolute atomic E-state index is 0.268. The number of hydrogen-bond donors (Lipinski definition) is 0. The van der Waals surface area contributed by atoms with Gasteiger partial charge in [0.2, 0.25) is 5.82 Å². The van der Waals surface area contributed by atoms with Crippen molar-refractivity contribution in [3.8, 4) is 16.4 Å². The van der Waals surface area contributed by atoms with Crippen molar-refractivity contribution in [2.24, 2.45) is 0 Å². The molecule has 0 N–H and O–H groups in total. The number of aromatic nitrogens is 3. The number of methoxy groups -OCH3 is 2. The number of ether oxygens (including phenoxy) is 2. The highest BCUT2D eigenvalue weighted by Gasteiger charge is 2.27. The summed E-state index contributed by atoms with van der Waals surface area (Å²) in [5.41, 5.74) is 0.359. The van der Waals surface area contributed by atoms with Crippen molar-refractivity contribution in [2.45, 2.75) is 0 Å². The highest BCUT2D eigenvalue weighted by Crippen LogP contribution is 2.26. The number of esters is 2. The number of benzene rings is 1. The van der Waals surface area contributed by atoms with Crippen molar-refractivity contribution in [1.82, 2.24) is 19.7 Å². The van der Waals surface area contributed by atoms with Crippen LogP contribution in [0.1, 0.15) is 10.6 Å². The second-order valence-corrected chi connectivity index (χ2v) is 6.89. The number of carbonyl (C=O) groups is 3. The third-order valence-corrected chi connectivity index (χ3v) is 4.84. The van der Waals surface area contributed by atoms with Crippen LogP contribution >= 0.6 is 11.3 Å². The third kappa shape index (κ3) is 4.69. The summed E-state index contributed by atoms with van der Waals surface area (Å²) in [6.07, 6.45) is 0. The van der Waals surface area contributed by atoms with Gasteiger partial charge < -0.3 is 14.4 Å². The molecule has 0 saturated carbocycles. The largest absolute Gasteiger partial charge is 0.468 e. The minimum atomic E-state index is -0.779. The van der Waals surface area contributed by atoms with E-state index in [-0.39, 0.29) is 5.82 Å². The van der Waals surface area contributed by atoms with Crippen molar-refractivity contribution >= 4 is 29.2 Å². The average Bonchev–Trinajstić information content (AvgIpc) is 3.42. The zero-order chi connectivity index (χ0) is 21.7. The Labute approximate surface area is 174 Å². The number of hydrogen-bond acceptors (Lipinski definition) is 8. The van der Waals surface area contributed by atoms with Crippen molar-refractivity contribution in [3.05, 3.63) is 53.4 Å². The molecular formula is C19H17FN4O5S. The number of amides is 1. The van der Waals surface area contributed by atoms with Gasteiger partial charge in [-0.05, 0) is 29.6 Å². The fraction of sp³-hybridized carbons (Fsp3) is 0.211. The topological polar surface area (TPSA) is 104 Å². The van der Waals surface area contributed by atoms with Crippen LogP contribution in [0.4, 0.5) is 4.39 Å². The standard InChI is InChI=1S/C19H17FN4O5S/c1-28-15(25)10-23(11-16(26)29-2)19(27)17-21-18(14-7-4-8-30-14)24(22-17)13-6-3-5-12(20)9-13/h3-9H,10-11H2,1-2H3. The van der Waals surface area contributed by atoms with E-state index < -0.39 is 36.8 Å². The lowest BCUT2D eigenvalue weighted by atomic mass is 10.3. The maximum atomic E-state index is 13.7. The van der Waals surface area contributed by atoms with Gasteiger partial charge in [0.25, 0.3) is 5.91 Å². The molecule has 0 radical (unpaired) electrons. The quantitative estimate of drug-likeness (QED) is 0.526. The van der Waals surface area contributed by atoms with Crippen molar-refractivity contribution < 1.29 is 28.2 Å². The van der Waals surface area contributed by atoms with Gasteiger partial charge in [-0.1, -0.05) is 12.1 Å². The molecule has 0 aliphatic carbocycles. The van der Waals surface area contributed by atoms with Crippen LogP contribution in [0.25, 0.3) is 16.4 Å². The molecule has 11 heteroatoms. The van der Waals surface area contributed by atoms with Gasteiger partial charge >= 0.3 is 11.9 Å². The van der Waals surface area contributed by atoms with Crippen LogP contribution in [-0.4, -0.2) is 64.8 Å². The lowest BCUT2D eigenvalue weighted by Gasteiger charge is -2.18. The van der Waals surface area contributed by atoms with Crippen LogP contribution < -0.4 is 0 Å². The normalized spacial score (nSPS) is 10.5.